The summed E-state index contributed by atoms with van der Waals surface area (Å²) >= 11 is 0. The summed E-state index contributed by atoms with van der Waals surface area (Å²) in [6.45, 7) is 1.78. The van der Waals surface area contributed by atoms with Crippen molar-refractivity contribution in [3.63, 3.8) is 0 Å². The lowest BCUT2D eigenvalue weighted by Crippen LogP contribution is -2.38. The van der Waals surface area contributed by atoms with Crippen LogP contribution in [-0.2, 0) is 0 Å². The number of amidine groups is 1. The number of anilines is 1. The molecule has 5 N–H and O–H groups in total. The second-order valence-electron chi connectivity index (χ2n) is 3.96. The monoisotopic (exact) mass is 250 g/mol. The first-order valence-electron chi connectivity index (χ1n) is 5.55. The van der Waals surface area contributed by atoms with Crippen molar-refractivity contribution in [1.82, 2.24) is 5.32 Å². The van der Waals surface area contributed by atoms with Gasteiger partial charge in [0, 0.05) is 24.2 Å². The van der Waals surface area contributed by atoms with Crippen molar-refractivity contribution in [2.75, 3.05) is 12.4 Å². The molecule has 0 heterocycles. The zero-order valence-electron chi connectivity index (χ0n) is 10.5. The van der Waals surface area contributed by atoms with Crippen LogP contribution in [0.3, 0.4) is 0 Å². The first-order chi connectivity index (χ1) is 8.51. The Kier molecular flexibility index (Phi) is 4.98. The molecule has 0 aliphatic carbocycles. The van der Waals surface area contributed by atoms with Crippen molar-refractivity contribution in [3.05, 3.63) is 24.3 Å². The molecule has 0 radical (unpaired) electrons. The highest BCUT2D eigenvalue weighted by atomic mass is 16.5. The van der Waals surface area contributed by atoms with Crippen LogP contribution in [0.2, 0.25) is 0 Å². The fourth-order valence-corrected chi connectivity index (χ4v) is 1.47. The molecular weight excluding hydrogens is 232 g/mol. The highest BCUT2D eigenvalue weighted by Gasteiger charge is 2.08. The summed E-state index contributed by atoms with van der Waals surface area (Å²) < 4.78 is 5.05. The molecule has 1 unspecified atom stereocenters. The minimum absolute atomic E-state index is 0.0455. The van der Waals surface area contributed by atoms with Gasteiger partial charge in [-0.05, 0) is 19.1 Å². The predicted molar refractivity (Wildman–Crippen MR) is 71.1 cm³/mol. The van der Waals surface area contributed by atoms with Crippen LogP contribution in [0, 0.1) is 5.41 Å². The Bertz CT molecular complexity index is 434. The van der Waals surface area contributed by atoms with Gasteiger partial charge < -0.3 is 21.1 Å². The fraction of sp³-hybridized carbons (Fsp3) is 0.333. The molecule has 0 spiro atoms. The lowest BCUT2D eigenvalue weighted by Gasteiger charge is -2.14. The summed E-state index contributed by atoms with van der Waals surface area (Å²) in [6, 6.07) is 6.53. The van der Waals surface area contributed by atoms with E-state index in [-0.39, 0.29) is 17.9 Å². The fourth-order valence-electron chi connectivity index (χ4n) is 1.47. The predicted octanol–water partition coefficient (Wildman–Crippen LogP) is 1.53. The molecule has 98 valence electrons. The molecule has 0 fully saturated rings. The zero-order chi connectivity index (χ0) is 13.5. The van der Waals surface area contributed by atoms with E-state index in [4.69, 9.17) is 15.9 Å². The van der Waals surface area contributed by atoms with E-state index in [2.05, 4.69) is 10.6 Å². The van der Waals surface area contributed by atoms with Crippen LogP contribution < -0.4 is 21.1 Å². The Labute approximate surface area is 106 Å². The average Bonchev–Trinajstić information content (AvgIpc) is 2.27. The summed E-state index contributed by atoms with van der Waals surface area (Å²) in [5.41, 5.74) is 5.90. The summed E-state index contributed by atoms with van der Waals surface area (Å²) in [6.07, 6.45) is 0.325. The molecule has 6 heteroatoms. The first-order valence-corrected chi connectivity index (χ1v) is 5.55. The smallest absolute Gasteiger partial charge is 0.319 e. The number of nitrogens with one attached hydrogen (secondary N) is 3. The van der Waals surface area contributed by atoms with Gasteiger partial charge in [-0.25, -0.2) is 4.79 Å². The highest BCUT2D eigenvalue weighted by molar-refractivity contribution is 5.90. The van der Waals surface area contributed by atoms with Crippen molar-refractivity contribution in [2.45, 2.75) is 19.4 Å². The Morgan fingerprint density at radius 3 is 2.89 bits per heavy atom. The van der Waals surface area contributed by atoms with Gasteiger partial charge >= 0.3 is 6.03 Å². The number of methoxy groups -OCH3 is 1. The summed E-state index contributed by atoms with van der Waals surface area (Å²) in [5.74, 6) is 0.716. The van der Waals surface area contributed by atoms with E-state index in [1.54, 1.807) is 38.3 Å². The Morgan fingerprint density at radius 2 is 2.28 bits per heavy atom. The summed E-state index contributed by atoms with van der Waals surface area (Å²) in [4.78, 5) is 11.6. The van der Waals surface area contributed by atoms with Gasteiger partial charge in [0.25, 0.3) is 0 Å². The van der Waals surface area contributed by atoms with Crippen molar-refractivity contribution in [3.8, 4) is 5.75 Å². The van der Waals surface area contributed by atoms with E-state index in [9.17, 15) is 4.79 Å². The van der Waals surface area contributed by atoms with Crippen molar-refractivity contribution >= 4 is 17.6 Å². The number of rotatable bonds is 5. The van der Waals surface area contributed by atoms with Crippen LogP contribution in [0.4, 0.5) is 10.5 Å². The highest BCUT2D eigenvalue weighted by Crippen LogP contribution is 2.16. The second kappa shape index (κ2) is 6.48. The average molecular weight is 250 g/mol. The molecule has 0 aromatic heterocycles. The van der Waals surface area contributed by atoms with E-state index >= 15 is 0 Å². The Hall–Kier alpha value is -2.24. The van der Waals surface area contributed by atoms with Gasteiger partial charge in [0.15, 0.2) is 0 Å². The third-order valence-corrected chi connectivity index (χ3v) is 2.23. The lowest BCUT2D eigenvalue weighted by molar-refractivity contribution is 0.249. The van der Waals surface area contributed by atoms with Gasteiger partial charge in [-0.15, -0.1) is 0 Å². The van der Waals surface area contributed by atoms with Crippen LogP contribution in [0.15, 0.2) is 24.3 Å². The molecule has 1 atom stereocenters. The molecule has 1 aromatic rings. The van der Waals surface area contributed by atoms with Crippen LogP contribution in [0.5, 0.6) is 5.75 Å². The quantitative estimate of drug-likeness (QED) is 0.471. The van der Waals surface area contributed by atoms with Crippen LogP contribution in [0.1, 0.15) is 13.3 Å². The number of carbonyl (C=O) groups excluding carboxylic acids is 1. The van der Waals surface area contributed by atoms with Gasteiger partial charge in [0.2, 0.25) is 0 Å². The maximum absolute atomic E-state index is 11.6. The number of benzene rings is 1. The SMILES string of the molecule is COc1cccc(NC(=O)NC(C)CC(=N)N)c1. The molecule has 0 aliphatic rings. The zero-order valence-corrected chi connectivity index (χ0v) is 10.5. The molecule has 1 aromatic carbocycles. The number of carbonyl (C=O) groups is 1. The third kappa shape index (κ3) is 4.73. The van der Waals surface area contributed by atoms with E-state index in [0.29, 0.717) is 17.9 Å². The molecule has 18 heavy (non-hydrogen) atoms. The van der Waals surface area contributed by atoms with E-state index in [0.717, 1.165) is 0 Å². The number of ether oxygens (including phenoxy) is 1. The van der Waals surface area contributed by atoms with Crippen molar-refractivity contribution in [1.29, 1.82) is 5.41 Å². The van der Waals surface area contributed by atoms with E-state index in [1.807, 2.05) is 0 Å². The molecule has 0 saturated heterocycles. The standard InChI is InChI=1S/C12H18N4O2/c1-8(6-11(13)14)15-12(17)16-9-4-3-5-10(7-9)18-2/h3-5,7-8H,6H2,1-2H3,(H3,13,14)(H2,15,16,17). The first kappa shape index (κ1) is 13.8. The largest absolute Gasteiger partial charge is 0.497 e. The van der Waals surface area contributed by atoms with E-state index < -0.39 is 0 Å². The van der Waals surface area contributed by atoms with Gasteiger partial charge in [0.1, 0.15) is 5.75 Å². The van der Waals surface area contributed by atoms with Gasteiger partial charge in [0.05, 0.1) is 12.9 Å². The molecular formula is C12H18N4O2. The minimum atomic E-state index is -0.336. The van der Waals surface area contributed by atoms with Gasteiger partial charge in [-0.3, -0.25) is 5.41 Å². The number of urea groups is 1. The van der Waals surface area contributed by atoms with Crippen LogP contribution in [0.25, 0.3) is 0 Å². The van der Waals surface area contributed by atoms with Gasteiger partial charge in [-0.1, -0.05) is 6.07 Å². The maximum atomic E-state index is 11.6. The number of hydrogen-bond acceptors (Lipinski definition) is 3. The van der Waals surface area contributed by atoms with Crippen molar-refractivity contribution in [2.24, 2.45) is 5.73 Å². The Balaban J connectivity index is 2.51. The number of amides is 2. The van der Waals surface area contributed by atoms with Gasteiger partial charge in [-0.2, -0.15) is 0 Å². The molecule has 0 bridgehead atoms. The van der Waals surface area contributed by atoms with Crippen LogP contribution in [-0.4, -0.2) is 25.0 Å². The summed E-state index contributed by atoms with van der Waals surface area (Å²) in [5, 5.41) is 12.5. The Morgan fingerprint density at radius 1 is 1.56 bits per heavy atom. The number of nitrogens with two attached hydrogens (primary N) is 1. The molecule has 1 rings (SSSR count). The molecule has 0 saturated carbocycles. The molecule has 2 amide bonds. The normalized spacial score (nSPS) is 11.4. The lowest BCUT2D eigenvalue weighted by atomic mass is 10.2. The van der Waals surface area contributed by atoms with E-state index in [1.165, 1.54) is 0 Å². The topological polar surface area (TPSA) is 100 Å². The molecule has 0 aliphatic heterocycles. The van der Waals surface area contributed by atoms with Crippen LogP contribution >= 0.6 is 0 Å². The maximum Gasteiger partial charge on any atom is 0.319 e. The number of hydrogen-bond donors (Lipinski definition) is 4. The summed E-state index contributed by atoms with van der Waals surface area (Å²) in [7, 11) is 1.56. The molecule has 6 nitrogen and oxygen atoms in total. The van der Waals surface area contributed by atoms with Crippen molar-refractivity contribution < 1.29 is 9.53 Å². The minimum Gasteiger partial charge on any atom is -0.497 e. The second-order valence-corrected chi connectivity index (χ2v) is 3.96. The third-order valence-electron chi connectivity index (χ3n) is 2.23.